The van der Waals surface area contributed by atoms with E-state index in [2.05, 4.69) is 39.0 Å². The van der Waals surface area contributed by atoms with Crippen LogP contribution < -0.4 is 10.6 Å². The molecule has 1 atom stereocenters. The third-order valence-electron chi connectivity index (χ3n) is 3.58. The summed E-state index contributed by atoms with van der Waals surface area (Å²) in [6.45, 7) is 1.95. The molecule has 5 nitrogen and oxygen atoms in total. The van der Waals surface area contributed by atoms with Gasteiger partial charge in [0.15, 0.2) is 0 Å². The number of nitrogens with one attached hydrogen (secondary N) is 2. The number of hydrogen-bond acceptors (Lipinski definition) is 7. The summed E-state index contributed by atoms with van der Waals surface area (Å²) in [5.74, 6) is 1.23. The van der Waals surface area contributed by atoms with Crippen molar-refractivity contribution in [2.75, 3.05) is 23.5 Å². The number of hydrogen-bond donors (Lipinski definition) is 3. The molecule has 0 spiro atoms. The standard InChI is InChI=1S/C18H20N4OS2/c1-12(11-23)20-17-15(16-4-3-9-25-16)10-19-18(22-17)21-13-5-7-14(24-2)8-6-13/h3-10,12,23H,11H2,1-2H3,(H2,19,20,21,22)/t12-/m1/s1. The molecule has 0 amide bonds. The predicted octanol–water partition coefficient (Wildman–Crippen LogP) is 4.46. The Morgan fingerprint density at radius 3 is 2.68 bits per heavy atom. The zero-order valence-corrected chi connectivity index (χ0v) is 15.7. The summed E-state index contributed by atoms with van der Waals surface area (Å²) in [7, 11) is 0. The normalized spacial score (nSPS) is 12.0. The Balaban J connectivity index is 1.88. The molecule has 0 aliphatic heterocycles. The minimum absolute atomic E-state index is 0.0345. The van der Waals surface area contributed by atoms with Gasteiger partial charge >= 0.3 is 0 Å². The van der Waals surface area contributed by atoms with Gasteiger partial charge in [0.1, 0.15) is 5.82 Å². The van der Waals surface area contributed by atoms with Crippen molar-refractivity contribution in [3.05, 3.63) is 48.0 Å². The highest BCUT2D eigenvalue weighted by molar-refractivity contribution is 7.98. The summed E-state index contributed by atoms with van der Waals surface area (Å²) in [6, 6.07) is 12.1. The van der Waals surface area contributed by atoms with Crippen LogP contribution in [0.15, 0.2) is 52.9 Å². The molecule has 0 fully saturated rings. The van der Waals surface area contributed by atoms with Crippen molar-refractivity contribution < 1.29 is 5.11 Å². The maximum atomic E-state index is 9.35. The molecule has 130 valence electrons. The molecule has 0 saturated carbocycles. The topological polar surface area (TPSA) is 70.1 Å². The van der Waals surface area contributed by atoms with Crippen LogP contribution in [0.25, 0.3) is 10.4 Å². The Kier molecular flexibility index (Phi) is 5.91. The van der Waals surface area contributed by atoms with Gasteiger partial charge in [0.2, 0.25) is 5.95 Å². The van der Waals surface area contributed by atoms with Crippen LogP contribution in [0, 0.1) is 0 Å². The number of thiophene rings is 1. The molecule has 0 aliphatic rings. The number of aliphatic hydroxyl groups is 1. The molecule has 7 heteroatoms. The fraction of sp³-hybridized carbons (Fsp3) is 0.222. The van der Waals surface area contributed by atoms with Crippen molar-refractivity contribution in [2.45, 2.75) is 17.9 Å². The van der Waals surface area contributed by atoms with E-state index in [1.165, 1.54) is 4.90 Å². The van der Waals surface area contributed by atoms with Crippen LogP contribution in [-0.4, -0.2) is 34.0 Å². The van der Waals surface area contributed by atoms with Crippen LogP contribution in [0.2, 0.25) is 0 Å². The van der Waals surface area contributed by atoms with E-state index in [1.54, 1.807) is 23.1 Å². The molecule has 3 N–H and O–H groups in total. The van der Waals surface area contributed by atoms with Gasteiger partial charge in [-0.2, -0.15) is 4.98 Å². The van der Waals surface area contributed by atoms with Gasteiger partial charge in [-0.1, -0.05) is 6.07 Å². The largest absolute Gasteiger partial charge is 0.394 e. The third-order valence-corrected chi connectivity index (χ3v) is 5.23. The number of anilines is 3. The third kappa shape index (κ3) is 4.50. The van der Waals surface area contributed by atoms with E-state index in [9.17, 15) is 5.11 Å². The highest BCUT2D eigenvalue weighted by Gasteiger charge is 2.12. The Hall–Kier alpha value is -2.09. The van der Waals surface area contributed by atoms with E-state index in [4.69, 9.17) is 0 Å². The summed E-state index contributed by atoms with van der Waals surface area (Å²) in [4.78, 5) is 11.3. The van der Waals surface area contributed by atoms with Gasteiger partial charge in [-0.25, -0.2) is 4.98 Å². The molecule has 2 aromatic heterocycles. The first-order valence-corrected chi connectivity index (χ1v) is 9.99. The monoisotopic (exact) mass is 372 g/mol. The first-order valence-electron chi connectivity index (χ1n) is 7.89. The van der Waals surface area contributed by atoms with E-state index < -0.39 is 0 Å². The molecule has 0 saturated heterocycles. The van der Waals surface area contributed by atoms with E-state index in [0.29, 0.717) is 11.8 Å². The van der Waals surface area contributed by atoms with E-state index in [0.717, 1.165) is 16.1 Å². The molecular formula is C18H20N4OS2. The van der Waals surface area contributed by atoms with Crippen molar-refractivity contribution in [2.24, 2.45) is 0 Å². The number of benzene rings is 1. The Labute approximate surface area is 155 Å². The Morgan fingerprint density at radius 2 is 2.04 bits per heavy atom. The summed E-state index contributed by atoms with van der Waals surface area (Å²) in [6.07, 6.45) is 3.86. The van der Waals surface area contributed by atoms with Gasteiger partial charge in [0.25, 0.3) is 0 Å². The minimum Gasteiger partial charge on any atom is -0.394 e. The molecule has 3 aromatic rings. The fourth-order valence-corrected chi connectivity index (χ4v) is 3.39. The lowest BCUT2D eigenvalue weighted by Crippen LogP contribution is -2.21. The van der Waals surface area contributed by atoms with Gasteiger partial charge < -0.3 is 15.7 Å². The second kappa shape index (κ2) is 8.33. The predicted molar refractivity (Wildman–Crippen MR) is 107 cm³/mol. The zero-order chi connectivity index (χ0) is 17.6. The highest BCUT2D eigenvalue weighted by atomic mass is 32.2. The maximum Gasteiger partial charge on any atom is 0.229 e. The van der Waals surface area contributed by atoms with Crippen LogP contribution in [-0.2, 0) is 0 Å². The molecule has 0 radical (unpaired) electrons. The molecule has 25 heavy (non-hydrogen) atoms. The highest BCUT2D eigenvalue weighted by Crippen LogP contribution is 2.31. The number of aliphatic hydroxyl groups excluding tert-OH is 1. The summed E-state index contributed by atoms with van der Waals surface area (Å²) in [5.41, 5.74) is 1.86. The lowest BCUT2D eigenvalue weighted by molar-refractivity contribution is 0.281. The first-order chi connectivity index (χ1) is 12.2. The van der Waals surface area contributed by atoms with Gasteiger partial charge in [0.05, 0.1) is 12.2 Å². The molecule has 2 heterocycles. The average molecular weight is 373 g/mol. The molecule has 1 aromatic carbocycles. The molecule has 0 aliphatic carbocycles. The van der Waals surface area contributed by atoms with Gasteiger partial charge in [0, 0.05) is 27.7 Å². The molecule has 0 bridgehead atoms. The first kappa shape index (κ1) is 17.7. The average Bonchev–Trinajstić information content (AvgIpc) is 3.17. The second-order valence-electron chi connectivity index (χ2n) is 5.51. The number of nitrogens with zero attached hydrogens (tertiary/aromatic N) is 2. The molecule has 3 rings (SSSR count). The Morgan fingerprint density at radius 1 is 1.24 bits per heavy atom. The second-order valence-corrected chi connectivity index (χ2v) is 7.34. The number of thioether (sulfide) groups is 1. The van der Waals surface area contributed by atoms with Crippen LogP contribution in [0.5, 0.6) is 0 Å². The summed E-state index contributed by atoms with van der Waals surface area (Å²) < 4.78 is 0. The maximum absolute atomic E-state index is 9.35. The smallest absolute Gasteiger partial charge is 0.229 e. The van der Waals surface area contributed by atoms with Gasteiger partial charge in [-0.3, -0.25) is 0 Å². The van der Waals surface area contributed by atoms with Crippen molar-refractivity contribution in [3.8, 4) is 10.4 Å². The fourth-order valence-electron chi connectivity index (χ4n) is 2.25. The van der Waals surface area contributed by atoms with Crippen LogP contribution >= 0.6 is 23.1 Å². The van der Waals surface area contributed by atoms with Crippen molar-refractivity contribution in [1.82, 2.24) is 9.97 Å². The number of aromatic nitrogens is 2. The SMILES string of the molecule is CSc1ccc(Nc2ncc(-c3cccs3)c(N[C@H](C)CO)n2)cc1. The zero-order valence-electron chi connectivity index (χ0n) is 14.1. The molecule has 0 unspecified atom stereocenters. The minimum atomic E-state index is -0.0951. The van der Waals surface area contributed by atoms with Crippen molar-refractivity contribution in [1.29, 1.82) is 0 Å². The summed E-state index contributed by atoms with van der Waals surface area (Å²) >= 11 is 3.34. The Bertz CT molecular complexity index is 806. The van der Waals surface area contributed by atoms with Gasteiger partial charge in [-0.05, 0) is 48.9 Å². The van der Waals surface area contributed by atoms with Crippen molar-refractivity contribution >= 4 is 40.6 Å². The van der Waals surface area contributed by atoms with Crippen LogP contribution in [0.4, 0.5) is 17.5 Å². The quantitative estimate of drug-likeness (QED) is 0.532. The lowest BCUT2D eigenvalue weighted by Gasteiger charge is -2.16. The lowest BCUT2D eigenvalue weighted by atomic mass is 10.2. The number of rotatable bonds is 7. The van der Waals surface area contributed by atoms with E-state index >= 15 is 0 Å². The van der Waals surface area contributed by atoms with Gasteiger partial charge in [-0.15, -0.1) is 23.1 Å². The van der Waals surface area contributed by atoms with E-state index in [-0.39, 0.29) is 12.6 Å². The molecular weight excluding hydrogens is 352 g/mol. The van der Waals surface area contributed by atoms with E-state index in [1.807, 2.05) is 42.8 Å². The summed E-state index contributed by atoms with van der Waals surface area (Å²) in [5, 5.41) is 17.9. The van der Waals surface area contributed by atoms with Crippen molar-refractivity contribution in [3.63, 3.8) is 0 Å². The van der Waals surface area contributed by atoms with Crippen LogP contribution in [0.1, 0.15) is 6.92 Å². The van der Waals surface area contributed by atoms with Crippen LogP contribution in [0.3, 0.4) is 0 Å².